The predicted molar refractivity (Wildman–Crippen MR) is 61.6 cm³/mol. The van der Waals surface area contributed by atoms with Crippen LogP contribution < -0.4 is 5.32 Å². The summed E-state index contributed by atoms with van der Waals surface area (Å²) in [6.07, 6.45) is 2.89. The number of fused-ring (bicyclic) bond motifs is 1. The Balaban J connectivity index is 2.53. The van der Waals surface area contributed by atoms with Crippen LogP contribution in [0.2, 0.25) is 0 Å². The summed E-state index contributed by atoms with van der Waals surface area (Å²) < 4.78 is 0. The zero-order chi connectivity index (χ0) is 12.0. The van der Waals surface area contributed by atoms with Gasteiger partial charge in [-0.3, -0.25) is 4.79 Å². The van der Waals surface area contributed by atoms with Gasteiger partial charge in [0, 0.05) is 17.4 Å². The Morgan fingerprint density at radius 1 is 1.50 bits per heavy atom. The van der Waals surface area contributed by atoms with Gasteiger partial charge in [-0.05, 0) is 18.9 Å². The van der Waals surface area contributed by atoms with Crippen LogP contribution in [-0.4, -0.2) is 18.9 Å². The summed E-state index contributed by atoms with van der Waals surface area (Å²) in [6.45, 7) is 7.93. The number of carbonyl (C=O) groups is 1. The molecule has 0 aromatic carbocycles. The molecule has 1 aliphatic heterocycles. The van der Waals surface area contributed by atoms with E-state index in [1.165, 1.54) is 0 Å². The maximum atomic E-state index is 12.2. The molecule has 3 nitrogen and oxygen atoms in total. The Bertz CT molecular complexity index is 403. The summed E-state index contributed by atoms with van der Waals surface area (Å²) in [6, 6.07) is 2.05. The quantitative estimate of drug-likeness (QED) is 0.672. The molecular formula is C13H18N2O. The van der Waals surface area contributed by atoms with Crippen LogP contribution in [0.3, 0.4) is 0 Å². The van der Waals surface area contributed by atoms with Gasteiger partial charge < -0.3 is 5.32 Å². The van der Waals surface area contributed by atoms with Crippen LogP contribution >= 0.6 is 0 Å². The summed E-state index contributed by atoms with van der Waals surface area (Å²) in [5, 5.41) is 12.4. The second-order valence-electron chi connectivity index (χ2n) is 5.74. The van der Waals surface area contributed by atoms with E-state index in [0.717, 1.165) is 19.5 Å². The topological polar surface area (TPSA) is 52.9 Å². The van der Waals surface area contributed by atoms with E-state index in [-0.39, 0.29) is 11.2 Å². The van der Waals surface area contributed by atoms with Crippen LogP contribution in [0.15, 0.2) is 11.6 Å². The SMILES string of the molecule is CC12C=C(C#N)C(=O)C(C)(C)C1CCNC2. The van der Waals surface area contributed by atoms with Crippen LogP contribution in [0.4, 0.5) is 0 Å². The molecule has 2 aliphatic rings. The summed E-state index contributed by atoms with van der Waals surface area (Å²) >= 11 is 0. The van der Waals surface area contributed by atoms with Crippen molar-refractivity contribution in [3.63, 3.8) is 0 Å². The zero-order valence-corrected chi connectivity index (χ0v) is 10.1. The fourth-order valence-electron chi connectivity index (χ4n) is 3.38. The Kier molecular flexibility index (Phi) is 2.43. The fourth-order valence-corrected chi connectivity index (χ4v) is 3.38. The average molecular weight is 218 g/mol. The smallest absolute Gasteiger partial charge is 0.178 e. The number of nitrogens with zero attached hydrogens (tertiary/aromatic N) is 1. The first-order valence-corrected chi connectivity index (χ1v) is 5.80. The van der Waals surface area contributed by atoms with Crippen molar-refractivity contribution in [1.29, 1.82) is 5.26 Å². The van der Waals surface area contributed by atoms with Crippen LogP contribution in [-0.2, 0) is 4.79 Å². The van der Waals surface area contributed by atoms with Gasteiger partial charge in [-0.25, -0.2) is 0 Å². The van der Waals surface area contributed by atoms with Crippen molar-refractivity contribution in [3.8, 4) is 6.07 Å². The molecule has 3 heteroatoms. The number of ketones is 1. The van der Waals surface area contributed by atoms with Crippen molar-refractivity contribution in [2.45, 2.75) is 27.2 Å². The number of Topliss-reactive ketones (excluding diaryl/α,β-unsaturated/α-hetero) is 1. The summed E-state index contributed by atoms with van der Waals surface area (Å²) in [7, 11) is 0. The van der Waals surface area contributed by atoms with E-state index < -0.39 is 5.41 Å². The predicted octanol–water partition coefficient (Wildman–Crippen LogP) is 1.66. The molecule has 0 spiro atoms. The van der Waals surface area contributed by atoms with Gasteiger partial charge in [0.05, 0.1) is 5.57 Å². The van der Waals surface area contributed by atoms with Crippen LogP contribution in [0, 0.1) is 28.1 Å². The van der Waals surface area contributed by atoms with E-state index >= 15 is 0 Å². The fraction of sp³-hybridized carbons (Fsp3) is 0.692. The maximum absolute atomic E-state index is 12.2. The Morgan fingerprint density at radius 3 is 2.81 bits per heavy atom. The molecule has 0 aromatic rings. The third-order valence-electron chi connectivity index (χ3n) is 4.21. The summed E-state index contributed by atoms with van der Waals surface area (Å²) in [5.74, 6) is 0.352. The number of nitriles is 1. The molecule has 2 atom stereocenters. The third-order valence-corrected chi connectivity index (χ3v) is 4.21. The van der Waals surface area contributed by atoms with Gasteiger partial charge >= 0.3 is 0 Å². The number of nitrogens with one attached hydrogen (secondary N) is 1. The van der Waals surface area contributed by atoms with Gasteiger partial charge in [0.15, 0.2) is 5.78 Å². The van der Waals surface area contributed by atoms with Gasteiger partial charge in [0.1, 0.15) is 6.07 Å². The van der Waals surface area contributed by atoms with Gasteiger partial charge in [-0.2, -0.15) is 5.26 Å². The highest BCUT2D eigenvalue weighted by Crippen LogP contribution is 2.50. The zero-order valence-electron chi connectivity index (χ0n) is 10.1. The molecule has 0 saturated carbocycles. The summed E-state index contributed by atoms with van der Waals surface area (Å²) in [4.78, 5) is 12.2. The molecule has 1 fully saturated rings. The number of piperidine rings is 1. The molecule has 0 radical (unpaired) electrons. The highest BCUT2D eigenvalue weighted by atomic mass is 16.1. The number of rotatable bonds is 0. The molecule has 1 heterocycles. The van der Waals surface area contributed by atoms with Gasteiger partial charge in [-0.15, -0.1) is 0 Å². The highest BCUT2D eigenvalue weighted by Gasteiger charge is 2.51. The molecule has 0 aromatic heterocycles. The standard InChI is InChI=1S/C13H18N2O/c1-12(2)10-4-5-15-8-13(10,3)6-9(7-14)11(12)16/h6,10,15H,4-5,8H2,1-3H3. The Hall–Kier alpha value is -1.14. The molecule has 2 unspecified atom stereocenters. The Labute approximate surface area is 96.5 Å². The summed E-state index contributed by atoms with van der Waals surface area (Å²) in [5.41, 5.74) is -0.121. The maximum Gasteiger partial charge on any atom is 0.178 e. The minimum Gasteiger partial charge on any atom is -0.316 e. The molecule has 1 aliphatic carbocycles. The molecule has 1 N–H and O–H groups in total. The molecule has 0 amide bonds. The highest BCUT2D eigenvalue weighted by molar-refractivity contribution is 6.04. The number of hydrogen-bond acceptors (Lipinski definition) is 3. The van der Waals surface area contributed by atoms with Crippen LogP contribution in [0.1, 0.15) is 27.2 Å². The van der Waals surface area contributed by atoms with Crippen LogP contribution in [0.5, 0.6) is 0 Å². The van der Waals surface area contributed by atoms with Crippen molar-refractivity contribution in [3.05, 3.63) is 11.6 Å². The second-order valence-corrected chi connectivity index (χ2v) is 5.74. The molecule has 2 rings (SSSR count). The van der Waals surface area contributed by atoms with E-state index in [0.29, 0.717) is 11.5 Å². The number of carbonyl (C=O) groups excluding carboxylic acids is 1. The number of hydrogen-bond donors (Lipinski definition) is 1. The average Bonchev–Trinajstić information content (AvgIpc) is 2.24. The largest absolute Gasteiger partial charge is 0.316 e. The molecule has 0 bridgehead atoms. The third kappa shape index (κ3) is 1.41. The van der Waals surface area contributed by atoms with Gasteiger partial charge in [0.25, 0.3) is 0 Å². The first kappa shape index (κ1) is 11.3. The van der Waals surface area contributed by atoms with Crippen LogP contribution in [0.25, 0.3) is 0 Å². The van der Waals surface area contributed by atoms with E-state index in [9.17, 15) is 4.79 Å². The first-order valence-electron chi connectivity index (χ1n) is 5.80. The minimum atomic E-state index is -0.406. The molecule has 86 valence electrons. The van der Waals surface area contributed by atoms with E-state index in [2.05, 4.69) is 18.3 Å². The lowest BCUT2D eigenvalue weighted by Gasteiger charge is -2.50. The lowest BCUT2D eigenvalue weighted by molar-refractivity contribution is -0.130. The second kappa shape index (κ2) is 3.43. The molecular weight excluding hydrogens is 200 g/mol. The van der Waals surface area contributed by atoms with Crippen molar-refractivity contribution < 1.29 is 4.79 Å². The minimum absolute atomic E-state index is 0.0133. The number of allylic oxidation sites excluding steroid dienone is 1. The lowest BCUT2D eigenvalue weighted by atomic mass is 9.55. The van der Waals surface area contributed by atoms with Gasteiger partial charge in [-0.1, -0.05) is 26.8 Å². The van der Waals surface area contributed by atoms with E-state index in [1.54, 1.807) is 0 Å². The monoisotopic (exact) mass is 218 g/mol. The van der Waals surface area contributed by atoms with Gasteiger partial charge in [0.2, 0.25) is 0 Å². The van der Waals surface area contributed by atoms with E-state index in [4.69, 9.17) is 5.26 Å². The molecule has 1 saturated heterocycles. The van der Waals surface area contributed by atoms with Crippen molar-refractivity contribution in [2.24, 2.45) is 16.7 Å². The van der Waals surface area contributed by atoms with Crippen molar-refractivity contribution in [1.82, 2.24) is 5.32 Å². The molecule has 16 heavy (non-hydrogen) atoms. The van der Waals surface area contributed by atoms with E-state index in [1.807, 2.05) is 19.9 Å². The van der Waals surface area contributed by atoms with Crippen molar-refractivity contribution >= 4 is 5.78 Å². The first-order chi connectivity index (χ1) is 7.42. The normalized spacial score (nSPS) is 37.2. The lowest BCUT2D eigenvalue weighted by Crippen LogP contribution is -2.54. The van der Waals surface area contributed by atoms with Crippen molar-refractivity contribution in [2.75, 3.05) is 13.1 Å². The Morgan fingerprint density at radius 2 is 2.19 bits per heavy atom.